The molecule has 0 aliphatic heterocycles. The van der Waals surface area contributed by atoms with Crippen molar-refractivity contribution >= 4 is 21.9 Å². The van der Waals surface area contributed by atoms with Crippen LogP contribution in [0, 0.1) is 17.7 Å². The van der Waals surface area contributed by atoms with Crippen LogP contribution in [0.3, 0.4) is 0 Å². The minimum absolute atomic E-state index is 0.138. The van der Waals surface area contributed by atoms with E-state index in [4.69, 9.17) is 9.47 Å². The van der Waals surface area contributed by atoms with Gasteiger partial charge in [0.25, 0.3) is 0 Å². The highest BCUT2D eigenvalue weighted by Crippen LogP contribution is 2.39. The second kappa shape index (κ2) is 16.1. The van der Waals surface area contributed by atoms with Crippen LogP contribution in [0.4, 0.5) is 4.39 Å². The molecule has 0 bridgehead atoms. The number of benzene rings is 2. The molecule has 2 aromatic carbocycles. The van der Waals surface area contributed by atoms with Gasteiger partial charge in [0.2, 0.25) is 0 Å². The van der Waals surface area contributed by atoms with E-state index in [1.165, 1.54) is 13.2 Å². The second-order valence-corrected chi connectivity index (χ2v) is 11.5. The highest BCUT2D eigenvalue weighted by atomic mass is 79.9. The molecule has 0 spiro atoms. The van der Waals surface area contributed by atoms with Gasteiger partial charge in [0, 0.05) is 22.4 Å². The Morgan fingerprint density at radius 3 is 2.59 bits per heavy atom. The molecule has 0 saturated heterocycles. The number of unbranched alkanes of at least 4 members (excludes halogenated alkanes) is 1. The Labute approximate surface area is 242 Å². The Hall–Kier alpha value is -2.28. The average molecular weight is 601 g/mol. The van der Waals surface area contributed by atoms with Crippen LogP contribution in [-0.4, -0.2) is 31.8 Å². The molecule has 0 radical (unpaired) electrons. The monoisotopic (exact) mass is 599 g/mol. The van der Waals surface area contributed by atoms with E-state index < -0.39 is 0 Å². The van der Waals surface area contributed by atoms with Crippen LogP contribution in [0.5, 0.6) is 0 Å². The summed E-state index contributed by atoms with van der Waals surface area (Å²) in [6, 6.07) is 15.2. The first-order valence-electron chi connectivity index (χ1n) is 14.0. The molecule has 1 aliphatic carbocycles. The van der Waals surface area contributed by atoms with Crippen molar-refractivity contribution < 1.29 is 18.7 Å². The van der Waals surface area contributed by atoms with Crippen LogP contribution in [0.15, 0.2) is 77.3 Å². The van der Waals surface area contributed by atoms with Crippen LogP contribution < -0.4 is 5.32 Å². The van der Waals surface area contributed by atoms with E-state index >= 15 is 0 Å². The highest BCUT2D eigenvalue weighted by molar-refractivity contribution is 9.10. The fourth-order valence-corrected chi connectivity index (χ4v) is 5.59. The summed E-state index contributed by atoms with van der Waals surface area (Å²) in [6.07, 6.45) is 15.9. The molecule has 3 rings (SSSR count). The molecular weight excluding hydrogens is 557 g/mol. The number of carbonyl (C=O) groups excluding carboxylic acids is 1. The number of hydrogen-bond donors (Lipinski definition) is 1. The number of nitrogens with one attached hydrogen (secondary N) is 1. The summed E-state index contributed by atoms with van der Waals surface area (Å²) in [4.78, 5) is 11.3. The highest BCUT2D eigenvalue weighted by Gasteiger charge is 2.35. The van der Waals surface area contributed by atoms with E-state index in [1.807, 2.05) is 37.4 Å². The smallest absolute Gasteiger partial charge is 0.305 e. The van der Waals surface area contributed by atoms with Gasteiger partial charge in [-0.05, 0) is 88.1 Å². The fourth-order valence-electron chi connectivity index (χ4n) is 5.20. The maximum Gasteiger partial charge on any atom is 0.305 e. The number of ether oxygens (including phenoxy) is 2. The van der Waals surface area contributed by atoms with Crippen LogP contribution in [0.1, 0.15) is 63.0 Å². The Kier molecular flexibility index (Phi) is 12.9. The van der Waals surface area contributed by atoms with Gasteiger partial charge < -0.3 is 14.8 Å². The number of rotatable bonds is 15. The molecule has 39 heavy (non-hydrogen) atoms. The first kappa shape index (κ1) is 31.3. The maximum atomic E-state index is 14.2. The lowest BCUT2D eigenvalue weighted by Gasteiger charge is -2.28. The third kappa shape index (κ3) is 10.0. The molecule has 0 aromatic heterocycles. The predicted octanol–water partition coefficient (Wildman–Crippen LogP) is 7.96. The molecule has 1 aliphatic rings. The van der Waals surface area contributed by atoms with Gasteiger partial charge in [0.1, 0.15) is 5.82 Å². The molecule has 1 saturated carbocycles. The topological polar surface area (TPSA) is 47.6 Å². The van der Waals surface area contributed by atoms with Crippen molar-refractivity contribution in [3.8, 4) is 0 Å². The summed E-state index contributed by atoms with van der Waals surface area (Å²) in [5.74, 6) is 0.468. The van der Waals surface area contributed by atoms with E-state index in [-0.39, 0.29) is 29.3 Å². The maximum absolute atomic E-state index is 14.2. The number of esters is 1. The third-order valence-corrected chi connectivity index (χ3v) is 8.69. The third-order valence-electron chi connectivity index (χ3n) is 7.92. The van der Waals surface area contributed by atoms with Gasteiger partial charge in [-0.15, -0.1) is 0 Å². The predicted molar refractivity (Wildman–Crippen MR) is 160 cm³/mol. The minimum atomic E-state index is -0.258. The van der Waals surface area contributed by atoms with E-state index in [1.54, 1.807) is 6.07 Å². The van der Waals surface area contributed by atoms with Crippen molar-refractivity contribution in [1.82, 2.24) is 5.32 Å². The second-order valence-electron chi connectivity index (χ2n) is 10.6. The summed E-state index contributed by atoms with van der Waals surface area (Å²) < 4.78 is 26.5. The number of aryl methyl sites for hydroxylation is 1. The fraction of sp³-hybridized carbons (Fsp3) is 0.485. The van der Waals surface area contributed by atoms with Crippen molar-refractivity contribution in [2.45, 2.75) is 76.5 Å². The molecule has 6 heteroatoms. The average Bonchev–Trinajstić information content (AvgIpc) is 3.34. The summed E-state index contributed by atoms with van der Waals surface area (Å²) >= 11 is 3.64. The number of methoxy groups -OCH3 is 1. The Balaban J connectivity index is 1.67. The Morgan fingerprint density at radius 2 is 1.87 bits per heavy atom. The lowest BCUT2D eigenvalue weighted by atomic mass is 9.87. The van der Waals surface area contributed by atoms with Crippen molar-refractivity contribution in [3.63, 3.8) is 0 Å². The summed E-state index contributed by atoms with van der Waals surface area (Å²) in [7, 11) is 3.40. The standard InChI is InChI=1S/C33H43BrFNO3/c1-33(36-2,22-20-26-13-9-11-16-30(26)35)23-21-28-25(12-6-4-5-7-17-32(37)38-3)18-19-31(28)39-24-27-14-8-10-15-29(27)34/h4,6,8-11,13-16,21,23,25,28,31,36H,5,7,12,17-20,22,24H2,1-3H3/b6-4-,23-21+/t25-,28+,31+,33?/m0/s1. The van der Waals surface area contributed by atoms with Gasteiger partial charge in [0.15, 0.2) is 0 Å². The van der Waals surface area contributed by atoms with Crippen LogP contribution in [0.2, 0.25) is 0 Å². The molecule has 1 unspecified atom stereocenters. The van der Waals surface area contributed by atoms with Crippen LogP contribution in [0.25, 0.3) is 0 Å². The van der Waals surface area contributed by atoms with E-state index in [2.05, 4.69) is 58.5 Å². The van der Waals surface area contributed by atoms with Crippen molar-refractivity contribution in [2.75, 3.05) is 14.2 Å². The quantitative estimate of drug-likeness (QED) is 0.128. The first-order chi connectivity index (χ1) is 18.8. The SMILES string of the molecule is CNC(C)(/C=C/[C@@H]1[C@@H](C/C=C\CCCC(=O)OC)CC[C@H]1OCc1ccccc1Br)CCc1ccccc1F. The van der Waals surface area contributed by atoms with Gasteiger partial charge in [0.05, 0.1) is 19.8 Å². The van der Waals surface area contributed by atoms with Crippen LogP contribution >= 0.6 is 15.9 Å². The summed E-state index contributed by atoms with van der Waals surface area (Å²) in [6.45, 7) is 2.75. The lowest BCUT2D eigenvalue weighted by molar-refractivity contribution is -0.140. The van der Waals surface area contributed by atoms with E-state index in [0.717, 1.165) is 54.1 Å². The van der Waals surface area contributed by atoms with Gasteiger partial charge in [-0.2, -0.15) is 0 Å². The molecule has 212 valence electrons. The van der Waals surface area contributed by atoms with Crippen molar-refractivity contribution in [3.05, 3.63) is 94.3 Å². The normalized spacial score (nSPS) is 21.0. The van der Waals surface area contributed by atoms with E-state index in [9.17, 15) is 9.18 Å². The molecular formula is C33H43BrFNO3. The molecule has 1 fully saturated rings. The summed E-state index contributed by atoms with van der Waals surface area (Å²) in [5.41, 5.74) is 1.64. The number of allylic oxidation sites excluding steroid dienone is 2. The number of halogens is 2. The zero-order valence-corrected chi connectivity index (χ0v) is 25.1. The van der Waals surface area contributed by atoms with Crippen molar-refractivity contribution in [1.29, 1.82) is 0 Å². The zero-order valence-electron chi connectivity index (χ0n) is 23.5. The van der Waals surface area contributed by atoms with Gasteiger partial charge in [-0.1, -0.05) is 76.6 Å². The number of hydrogen-bond acceptors (Lipinski definition) is 4. The number of likely N-dealkylation sites (N-methyl/N-ethyl adjacent to an activating group) is 1. The van der Waals surface area contributed by atoms with E-state index in [0.29, 0.717) is 25.4 Å². The largest absolute Gasteiger partial charge is 0.469 e. The molecule has 0 amide bonds. The lowest BCUT2D eigenvalue weighted by Crippen LogP contribution is -2.38. The zero-order chi connectivity index (χ0) is 28.1. The molecule has 4 nitrogen and oxygen atoms in total. The number of carbonyl (C=O) groups is 1. The van der Waals surface area contributed by atoms with Gasteiger partial charge in [-0.25, -0.2) is 4.39 Å². The van der Waals surface area contributed by atoms with Crippen LogP contribution in [-0.2, 0) is 27.3 Å². The molecule has 0 heterocycles. The summed E-state index contributed by atoms with van der Waals surface area (Å²) in [5, 5.41) is 3.46. The van der Waals surface area contributed by atoms with Gasteiger partial charge >= 0.3 is 5.97 Å². The molecule has 4 atom stereocenters. The van der Waals surface area contributed by atoms with Crippen molar-refractivity contribution in [2.24, 2.45) is 11.8 Å². The molecule has 2 aromatic rings. The molecule has 1 N–H and O–H groups in total. The Bertz CT molecular complexity index is 1100. The minimum Gasteiger partial charge on any atom is -0.469 e. The van der Waals surface area contributed by atoms with Gasteiger partial charge in [-0.3, -0.25) is 4.79 Å². The first-order valence-corrected chi connectivity index (χ1v) is 14.8. The Morgan fingerprint density at radius 1 is 1.13 bits per heavy atom.